The van der Waals surface area contributed by atoms with Crippen molar-refractivity contribution in [1.82, 2.24) is 14.8 Å². The van der Waals surface area contributed by atoms with Crippen LogP contribution in [0.15, 0.2) is 29.7 Å². The zero-order valence-corrected chi connectivity index (χ0v) is 11.5. The fraction of sp³-hybridized carbons (Fsp3) is 0.273. The molecule has 1 aromatic carbocycles. The molecule has 1 heterocycles. The van der Waals surface area contributed by atoms with Crippen LogP contribution in [0.3, 0.4) is 0 Å². The Bertz CT molecular complexity index is 585. The molecule has 0 amide bonds. The molecular weight excluding hydrogens is 274 g/mol. The number of methoxy groups -OCH3 is 1. The van der Waals surface area contributed by atoms with Crippen LogP contribution in [0.2, 0.25) is 5.02 Å². The van der Waals surface area contributed by atoms with Crippen LogP contribution in [-0.4, -0.2) is 32.3 Å². The maximum atomic E-state index is 11.5. The van der Waals surface area contributed by atoms with E-state index in [0.717, 1.165) is 5.56 Å². The molecule has 0 aliphatic rings. The molecule has 0 aliphatic heterocycles. The molecule has 96 valence electrons. The van der Waals surface area contributed by atoms with Crippen molar-refractivity contribution in [2.45, 2.75) is 11.7 Å². The SMILES string of the molecule is COc1cccc(Cl)c1Cn1cnnc1S(C)=O. The summed E-state index contributed by atoms with van der Waals surface area (Å²) in [5.74, 6) is 0.684. The minimum absolute atomic E-state index is 0.414. The minimum Gasteiger partial charge on any atom is -0.496 e. The zero-order valence-electron chi connectivity index (χ0n) is 9.96. The molecule has 5 nitrogen and oxygen atoms in total. The van der Waals surface area contributed by atoms with Crippen molar-refractivity contribution in [2.75, 3.05) is 13.4 Å². The average Bonchev–Trinajstić information content (AvgIpc) is 2.80. The lowest BCUT2D eigenvalue weighted by Crippen LogP contribution is -2.07. The second-order valence-electron chi connectivity index (χ2n) is 3.62. The molecule has 7 heteroatoms. The summed E-state index contributed by atoms with van der Waals surface area (Å²) < 4.78 is 18.4. The van der Waals surface area contributed by atoms with Gasteiger partial charge in [0.2, 0.25) is 5.16 Å². The van der Waals surface area contributed by atoms with E-state index in [4.69, 9.17) is 16.3 Å². The molecule has 0 saturated heterocycles. The molecule has 0 aliphatic carbocycles. The summed E-state index contributed by atoms with van der Waals surface area (Å²) >= 11 is 6.15. The number of benzene rings is 1. The van der Waals surface area contributed by atoms with E-state index in [1.807, 2.05) is 12.1 Å². The highest BCUT2D eigenvalue weighted by Gasteiger charge is 2.13. The summed E-state index contributed by atoms with van der Waals surface area (Å²) in [6.45, 7) is 0.421. The first-order valence-corrected chi connectivity index (χ1v) is 7.09. The third kappa shape index (κ3) is 2.54. The molecule has 0 N–H and O–H groups in total. The molecule has 1 atom stereocenters. The quantitative estimate of drug-likeness (QED) is 0.858. The molecule has 0 radical (unpaired) electrons. The van der Waals surface area contributed by atoms with E-state index in [0.29, 0.717) is 22.5 Å². The molecule has 2 aromatic rings. The van der Waals surface area contributed by atoms with Crippen LogP contribution in [-0.2, 0) is 17.3 Å². The number of hydrogen-bond donors (Lipinski definition) is 0. The van der Waals surface area contributed by atoms with E-state index in [1.165, 1.54) is 6.33 Å². The van der Waals surface area contributed by atoms with Gasteiger partial charge in [0.15, 0.2) is 0 Å². The van der Waals surface area contributed by atoms with Crippen molar-refractivity contribution in [2.24, 2.45) is 0 Å². The van der Waals surface area contributed by atoms with E-state index in [2.05, 4.69) is 10.2 Å². The van der Waals surface area contributed by atoms with Crippen molar-refractivity contribution < 1.29 is 8.95 Å². The molecule has 0 bridgehead atoms. The summed E-state index contributed by atoms with van der Waals surface area (Å²) in [6.07, 6.45) is 3.09. The third-order valence-electron chi connectivity index (χ3n) is 2.46. The Balaban J connectivity index is 2.40. The lowest BCUT2D eigenvalue weighted by molar-refractivity contribution is 0.407. The predicted molar refractivity (Wildman–Crippen MR) is 69.5 cm³/mol. The van der Waals surface area contributed by atoms with Crippen LogP contribution >= 0.6 is 11.6 Å². The smallest absolute Gasteiger partial charge is 0.221 e. The Morgan fingerprint density at radius 1 is 1.50 bits per heavy atom. The van der Waals surface area contributed by atoms with Crippen molar-refractivity contribution in [3.8, 4) is 5.75 Å². The molecule has 2 rings (SSSR count). The van der Waals surface area contributed by atoms with Crippen molar-refractivity contribution >= 4 is 22.4 Å². The fourth-order valence-electron chi connectivity index (χ4n) is 1.63. The number of nitrogens with zero attached hydrogens (tertiary/aromatic N) is 3. The van der Waals surface area contributed by atoms with Gasteiger partial charge in [-0.25, -0.2) is 0 Å². The molecular formula is C11H12ClN3O2S. The molecule has 0 saturated carbocycles. The van der Waals surface area contributed by atoms with Crippen LogP contribution in [0.4, 0.5) is 0 Å². The Morgan fingerprint density at radius 2 is 2.28 bits per heavy atom. The molecule has 0 fully saturated rings. The van der Waals surface area contributed by atoms with Gasteiger partial charge in [-0.15, -0.1) is 10.2 Å². The molecule has 1 unspecified atom stereocenters. The highest BCUT2D eigenvalue weighted by atomic mass is 35.5. The monoisotopic (exact) mass is 285 g/mol. The second kappa shape index (κ2) is 5.49. The summed E-state index contributed by atoms with van der Waals surface area (Å²) in [6, 6.07) is 5.43. The van der Waals surface area contributed by atoms with Gasteiger partial charge in [0.05, 0.1) is 24.5 Å². The van der Waals surface area contributed by atoms with E-state index in [1.54, 1.807) is 24.0 Å². The van der Waals surface area contributed by atoms with Crippen LogP contribution in [0.5, 0.6) is 5.75 Å². The number of halogens is 1. The van der Waals surface area contributed by atoms with Gasteiger partial charge in [0, 0.05) is 16.8 Å². The second-order valence-corrected chi connectivity index (χ2v) is 5.30. The van der Waals surface area contributed by atoms with Gasteiger partial charge in [0.1, 0.15) is 12.1 Å². The highest BCUT2D eigenvalue weighted by Crippen LogP contribution is 2.27. The van der Waals surface area contributed by atoms with Crippen LogP contribution in [0.25, 0.3) is 0 Å². The van der Waals surface area contributed by atoms with Gasteiger partial charge in [-0.3, -0.25) is 4.21 Å². The van der Waals surface area contributed by atoms with Crippen molar-refractivity contribution in [1.29, 1.82) is 0 Å². The van der Waals surface area contributed by atoms with Gasteiger partial charge >= 0.3 is 0 Å². The maximum absolute atomic E-state index is 11.5. The number of ether oxygens (including phenoxy) is 1. The Kier molecular flexibility index (Phi) is 3.98. The molecule has 1 aromatic heterocycles. The van der Waals surface area contributed by atoms with Gasteiger partial charge in [-0.2, -0.15) is 0 Å². The predicted octanol–water partition coefficient (Wildman–Crippen LogP) is 1.73. The number of hydrogen-bond acceptors (Lipinski definition) is 4. The van der Waals surface area contributed by atoms with E-state index < -0.39 is 10.8 Å². The average molecular weight is 286 g/mol. The standard InChI is InChI=1S/C11H12ClN3O2S/c1-17-10-5-3-4-9(12)8(10)6-15-7-13-14-11(15)18(2)16/h3-5,7H,6H2,1-2H3. The Labute approximate surface area is 112 Å². The van der Waals surface area contributed by atoms with Crippen molar-refractivity contribution in [3.05, 3.63) is 35.1 Å². The third-order valence-corrected chi connectivity index (χ3v) is 3.65. The Hall–Kier alpha value is -1.40. The van der Waals surface area contributed by atoms with E-state index >= 15 is 0 Å². The first-order chi connectivity index (χ1) is 8.63. The summed E-state index contributed by atoms with van der Waals surface area (Å²) in [4.78, 5) is 0. The van der Waals surface area contributed by atoms with Gasteiger partial charge < -0.3 is 9.30 Å². The van der Waals surface area contributed by atoms with Crippen LogP contribution in [0.1, 0.15) is 5.56 Å². The highest BCUT2D eigenvalue weighted by molar-refractivity contribution is 7.84. The number of aromatic nitrogens is 3. The normalized spacial score (nSPS) is 12.4. The number of rotatable bonds is 4. The van der Waals surface area contributed by atoms with Crippen LogP contribution < -0.4 is 4.74 Å². The maximum Gasteiger partial charge on any atom is 0.221 e. The topological polar surface area (TPSA) is 57.0 Å². The summed E-state index contributed by atoms with van der Waals surface area (Å²) in [5, 5.41) is 8.59. The summed E-state index contributed by atoms with van der Waals surface area (Å²) in [7, 11) is 0.391. The lowest BCUT2D eigenvalue weighted by Gasteiger charge is -2.11. The first-order valence-electron chi connectivity index (χ1n) is 5.16. The van der Waals surface area contributed by atoms with Crippen molar-refractivity contribution in [3.63, 3.8) is 0 Å². The first kappa shape index (κ1) is 13.0. The summed E-state index contributed by atoms with van der Waals surface area (Å²) in [5.41, 5.74) is 0.813. The van der Waals surface area contributed by atoms with Crippen LogP contribution in [0, 0.1) is 0 Å². The van der Waals surface area contributed by atoms with Gasteiger partial charge in [-0.1, -0.05) is 17.7 Å². The molecule has 0 spiro atoms. The Morgan fingerprint density at radius 3 is 2.94 bits per heavy atom. The lowest BCUT2D eigenvalue weighted by atomic mass is 10.2. The fourth-order valence-corrected chi connectivity index (χ4v) is 2.46. The van der Waals surface area contributed by atoms with Gasteiger partial charge in [0.25, 0.3) is 0 Å². The van der Waals surface area contributed by atoms with E-state index in [-0.39, 0.29) is 0 Å². The minimum atomic E-state index is -1.19. The zero-order chi connectivity index (χ0) is 13.1. The largest absolute Gasteiger partial charge is 0.496 e. The van der Waals surface area contributed by atoms with Gasteiger partial charge in [-0.05, 0) is 12.1 Å². The van der Waals surface area contributed by atoms with E-state index in [9.17, 15) is 4.21 Å². The molecule has 18 heavy (non-hydrogen) atoms.